The number of sulfonamides is 1. The lowest BCUT2D eigenvalue weighted by Crippen LogP contribution is -2.29. The van der Waals surface area contributed by atoms with Crippen molar-refractivity contribution in [2.75, 3.05) is 17.8 Å². The average Bonchev–Trinajstić information content (AvgIpc) is 2.80. The van der Waals surface area contributed by atoms with Gasteiger partial charge in [0.05, 0.1) is 4.90 Å². The molecule has 0 heterocycles. The zero-order valence-corrected chi connectivity index (χ0v) is 19.8. The van der Waals surface area contributed by atoms with Gasteiger partial charge in [-0.25, -0.2) is 8.42 Å². The minimum absolute atomic E-state index is 0.0176. The van der Waals surface area contributed by atoms with E-state index >= 15 is 0 Å². The summed E-state index contributed by atoms with van der Waals surface area (Å²) in [5, 5.41) is 14.9. The van der Waals surface area contributed by atoms with E-state index in [1.54, 1.807) is 30.3 Å². The lowest BCUT2D eigenvalue weighted by Gasteiger charge is -2.11. The molecule has 3 aromatic carbocycles. The van der Waals surface area contributed by atoms with Gasteiger partial charge in [-0.05, 0) is 86.0 Å². The molecule has 0 aliphatic rings. The summed E-state index contributed by atoms with van der Waals surface area (Å²) in [5.74, 6) is -0.590. The van der Waals surface area contributed by atoms with Gasteiger partial charge in [0.2, 0.25) is 0 Å². The van der Waals surface area contributed by atoms with Crippen LogP contribution in [0.15, 0.2) is 71.6 Å². The molecule has 3 rings (SSSR count). The van der Waals surface area contributed by atoms with E-state index in [1.807, 2.05) is 13.8 Å². The monoisotopic (exact) mass is 481 g/mol. The van der Waals surface area contributed by atoms with Crippen LogP contribution in [0, 0.1) is 13.8 Å². The smallest absolute Gasteiger partial charge is 0.261 e. The molecular formula is C25H27N3O5S. The molecule has 0 bridgehead atoms. The third-order valence-electron chi connectivity index (χ3n) is 5.22. The van der Waals surface area contributed by atoms with Gasteiger partial charge in [-0.2, -0.15) is 0 Å². The van der Waals surface area contributed by atoms with Crippen LogP contribution in [-0.4, -0.2) is 38.4 Å². The van der Waals surface area contributed by atoms with Crippen LogP contribution in [0.3, 0.4) is 0 Å². The van der Waals surface area contributed by atoms with Crippen molar-refractivity contribution in [1.82, 2.24) is 10.6 Å². The second-order valence-electron chi connectivity index (χ2n) is 7.84. The van der Waals surface area contributed by atoms with Crippen molar-refractivity contribution in [3.63, 3.8) is 0 Å². The standard InChI is InChI=1S/C25H27N3O5S/c1-17-7-12-23(15-18(17)2)34(32,33)28-21-10-8-19(9-11-21)24(30)26-13-4-14-27-25(31)20-5-3-6-22(29)16-20/h3,5-12,15-16,28-29H,4,13-14H2,1-2H3,(H,26,30)(H,27,31). The summed E-state index contributed by atoms with van der Waals surface area (Å²) in [7, 11) is -3.73. The van der Waals surface area contributed by atoms with Crippen LogP contribution in [0.25, 0.3) is 0 Å². The van der Waals surface area contributed by atoms with Crippen LogP contribution < -0.4 is 15.4 Å². The van der Waals surface area contributed by atoms with E-state index in [4.69, 9.17) is 0 Å². The Balaban J connectivity index is 1.46. The van der Waals surface area contributed by atoms with Gasteiger partial charge in [0.1, 0.15) is 5.75 Å². The average molecular weight is 482 g/mol. The number of carbonyl (C=O) groups excluding carboxylic acids is 2. The number of amides is 2. The first-order valence-corrected chi connectivity index (χ1v) is 12.2. The summed E-state index contributed by atoms with van der Waals surface area (Å²) in [4.78, 5) is 24.5. The van der Waals surface area contributed by atoms with Crippen molar-refractivity contribution in [3.8, 4) is 5.75 Å². The highest BCUT2D eigenvalue weighted by atomic mass is 32.2. The van der Waals surface area contributed by atoms with Crippen molar-refractivity contribution < 1.29 is 23.1 Å². The molecule has 0 radical (unpaired) electrons. The Labute approximate surface area is 199 Å². The van der Waals surface area contributed by atoms with Gasteiger partial charge in [0.25, 0.3) is 21.8 Å². The predicted octanol–water partition coefficient (Wildman–Crippen LogP) is 3.36. The molecule has 178 valence electrons. The highest BCUT2D eigenvalue weighted by Gasteiger charge is 2.15. The molecule has 0 spiro atoms. The first-order valence-electron chi connectivity index (χ1n) is 10.7. The highest BCUT2D eigenvalue weighted by molar-refractivity contribution is 7.92. The molecule has 0 aliphatic carbocycles. The Morgan fingerprint density at radius 1 is 0.794 bits per heavy atom. The Morgan fingerprint density at radius 3 is 2.06 bits per heavy atom. The maximum Gasteiger partial charge on any atom is 0.261 e. The van der Waals surface area contributed by atoms with Gasteiger partial charge in [-0.3, -0.25) is 14.3 Å². The quantitative estimate of drug-likeness (QED) is 0.349. The Morgan fingerprint density at radius 2 is 1.44 bits per heavy atom. The van der Waals surface area contributed by atoms with Gasteiger partial charge in [-0.1, -0.05) is 12.1 Å². The van der Waals surface area contributed by atoms with Gasteiger partial charge in [0, 0.05) is 29.9 Å². The number of nitrogens with one attached hydrogen (secondary N) is 3. The molecule has 0 aromatic heterocycles. The zero-order valence-electron chi connectivity index (χ0n) is 19.0. The normalized spacial score (nSPS) is 11.0. The van der Waals surface area contributed by atoms with Gasteiger partial charge < -0.3 is 15.7 Å². The molecule has 9 heteroatoms. The third kappa shape index (κ3) is 6.58. The van der Waals surface area contributed by atoms with E-state index in [1.165, 1.54) is 36.4 Å². The first-order chi connectivity index (χ1) is 16.2. The molecule has 3 aromatic rings. The number of hydrogen-bond donors (Lipinski definition) is 4. The summed E-state index contributed by atoms with van der Waals surface area (Å²) in [6.45, 7) is 4.47. The van der Waals surface area contributed by atoms with Crippen molar-refractivity contribution in [2.45, 2.75) is 25.2 Å². The maximum absolute atomic E-state index is 12.6. The van der Waals surface area contributed by atoms with Gasteiger partial charge in [0.15, 0.2) is 0 Å². The molecule has 0 saturated carbocycles. The van der Waals surface area contributed by atoms with E-state index in [-0.39, 0.29) is 22.5 Å². The summed E-state index contributed by atoms with van der Waals surface area (Å²) < 4.78 is 27.7. The number of carbonyl (C=O) groups is 2. The summed E-state index contributed by atoms with van der Waals surface area (Å²) >= 11 is 0. The minimum Gasteiger partial charge on any atom is -0.508 e. The van der Waals surface area contributed by atoms with E-state index in [0.717, 1.165) is 11.1 Å². The number of phenols is 1. The molecular weight excluding hydrogens is 454 g/mol. The molecule has 8 nitrogen and oxygen atoms in total. The maximum atomic E-state index is 12.6. The number of benzene rings is 3. The topological polar surface area (TPSA) is 125 Å². The van der Waals surface area contributed by atoms with E-state index in [9.17, 15) is 23.1 Å². The zero-order chi connectivity index (χ0) is 24.7. The second-order valence-corrected chi connectivity index (χ2v) is 9.53. The number of rotatable bonds is 9. The molecule has 0 fully saturated rings. The van der Waals surface area contributed by atoms with E-state index in [0.29, 0.717) is 36.3 Å². The molecule has 0 atom stereocenters. The van der Waals surface area contributed by atoms with Crippen LogP contribution in [0.2, 0.25) is 0 Å². The van der Waals surface area contributed by atoms with Crippen molar-refractivity contribution in [1.29, 1.82) is 0 Å². The number of aryl methyl sites for hydroxylation is 2. The Bertz CT molecular complexity index is 1290. The Kier molecular flexibility index (Phi) is 7.91. The number of aromatic hydroxyl groups is 1. The molecule has 0 unspecified atom stereocenters. The third-order valence-corrected chi connectivity index (χ3v) is 6.60. The lowest BCUT2D eigenvalue weighted by atomic mass is 10.1. The van der Waals surface area contributed by atoms with Crippen molar-refractivity contribution in [2.24, 2.45) is 0 Å². The fraction of sp³-hybridized carbons (Fsp3) is 0.200. The fourth-order valence-corrected chi connectivity index (χ4v) is 4.27. The summed E-state index contributed by atoms with van der Waals surface area (Å²) in [5.41, 5.74) is 2.99. The van der Waals surface area contributed by atoms with E-state index < -0.39 is 10.0 Å². The molecule has 34 heavy (non-hydrogen) atoms. The van der Waals surface area contributed by atoms with Gasteiger partial charge >= 0.3 is 0 Å². The van der Waals surface area contributed by atoms with Crippen LogP contribution in [0.5, 0.6) is 5.75 Å². The molecule has 0 aliphatic heterocycles. The minimum atomic E-state index is -3.73. The second kappa shape index (κ2) is 10.8. The Hall–Kier alpha value is -3.85. The highest BCUT2D eigenvalue weighted by Crippen LogP contribution is 2.19. The summed E-state index contributed by atoms with van der Waals surface area (Å²) in [6, 6.07) is 17.1. The SMILES string of the molecule is Cc1ccc(S(=O)(=O)Nc2ccc(C(=O)NCCCNC(=O)c3cccc(O)c3)cc2)cc1C. The van der Waals surface area contributed by atoms with Crippen LogP contribution in [0.1, 0.15) is 38.3 Å². The number of phenolic OH excluding ortho intramolecular Hbond substituents is 1. The molecule has 2 amide bonds. The predicted molar refractivity (Wildman–Crippen MR) is 131 cm³/mol. The van der Waals surface area contributed by atoms with Crippen LogP contribution in [0.4, 0.5) is 5.69 Å². The fourth-order valence-electron chi connectivity index (χ4n) is 3.13. The van der Waals surface area contributed by atoms with Gasteiger partial charge in [-0.15, -0.1) is 0 Å². The number of anilines is 1. The lowest BCUT2D eigenvalue weighted by molar-refractivity contribution is 0.0951. The molecule has 4 N–H and O–H groups in total. The van der Waals surface area contributed by atoms with Crippen LogP contribution >= 0.6 is 0 Å². The van der Waals surface area contributed by atoms with Crippen molar-refractivity contribution >= 4 is 27.5 Å². The van der Waals surface area contributed by atoms with Crippen molar-refractivity contribution in [3.05, 3.63) is 89.0 Å². The molecule has 0 saturated heterocycles. The number of hydrogen-bond acceptors (Lipinski definition) is 5. The van der Waals surface area contributed by atoms with Crippen LogP contribution in [-0.2, 0) is 10.0 Å². The largest absolute Gasteiger partial charge is 0.508 e. The first kappa shape index (κ1) is 24.8. The summed E-state index contributed by atoms with van der Waals surface area (Å²) in [6.07, 6.45) is 0.518. The van der Waals surface area contributed by atoms with E-state index in [2.05, 4.69) is 15.4 Å².